The lowest BCUT2D eigenvalue weighted by Crippen LogP contribution is -2.36. The second-order valence-electron chi connectivity index (χ2n) is 9.62. The van der Waals surface area contributed by atoms with E-state index in [1.807, 2.05) is 24.3 Å². The summed E-state index contributed by atoms with van der Waals surface area (Å²) in [4.78, 5) is 18.3. The van der Waals surface area contributed by atoms with E-state index in [1.54, 1.807) is 37.4 Å². The van der Waals surface area contributed by atoms with Gasteiger partial charge in [-0.25, -0.2) is 17.8 Å². The number of carbonyl (C=O) groups excluding carboxylic acids is 1. The molecule has 0 bridgehead atoms. The smallest absolute Gasteiger partial charge is 0.280 e. The fraction of sp³-hybridized carbons (Fsp3) is 0.129. The highest BCUT2D eigenvalue weighted by molar-refractivity contribution is 7.89. The van der Waals surface area contributed by atoms with Crippen molar-refractivity contribution in [3.05, 3.63) is 119 Å². The quantitative estimate of drug-likeness (QED) is 0.172. The first-order valence-corrected chi connectivity index (χ1v) is 15.3. The number of aromatic nitrogens is 1. The molecule has 8 nitrogen and oxygen atoms in total. The van der Waals surface area contributed by atoms with Gasteiger partial charge in [-0.05, 0) is 89.8 Å². The molecule has 11 heteroatoms. The van der Waals surface area contributed by atoms with Crippen LogP contribution in [0.25, 0.3) is 10.2 Å². The largest absolute Gasteiger partial charge is 0.497 e. The van der Waals surface area contributed by atoms with Gasteiger partial charge in [0.15, 0.2) is 0 Å². The number of thiazole rings is 1. The highest BCUT2D eigenvalue weighted by Gasteiger charge is 2.29. The van der Waals surface area contributed by atoms with Gasteiger partial charge in [-0.3, -0.25) is 4.79 Å². The Morgan fingerprint density at radius 1 is 1.02 bits per heavy atom. The second kappa shape index (κ2) is 11.4. The molecule has 1 aliphatic heterocycles. The van der Waals surface area contributed by atoms with Crippen LogP contribution in [-0.2, 0) is 23.0 Å². The minimum Gasteiger partial charge on any atom is -0.497 e. The number of halogens is 1. The summed E-state index contributed by atoms with van der Waals surface area (Å²) in [6.07, 6.45) is 2.15. The summed E-state index contributed by atoms with van der Waals surface area (Å²) >= 11 is 1.12. The number of hydrogen-bond acceptors (Lipinski definition) is 7. The Hall–Kier alpha value is -4.45. The molecular weight excluding hydrogens is 575 g/mol. The van der Waals surface area contributed by atoms with E-state index in [-0.39, 0.29) is 15.6 Å². The average molecular weight is 601 g/mol. The lowest BCUT2D eigenvalue weighted by Gasteiger charge is -2.28. The van der Waals surface area contributed by atoms with Crippen LogP contribution in [0.15, 0.2) is 101 Å². The predicted molar refractivity (Wildman–Crippen MR) is 161 cm³/mol. The van der Waals surface area contributed by atoms with E-state index < -0.39 is 21.7 Å². The van der Waals surface area contributed by atoms with Gasteiger partial charge < -0.3 is 4.74 Å². The maximum atomic E-state index is 13.8. The minimum atomic E-state index is -3.77. The summed E-state index contributed by atoms with van der Waals surface area (Å²) in [5.74, 6) is -0.251. The van der Waals surface area contributed by atoms with Crippen LogP contribution in [0.5, 0.6) is 5.75 Å². The molecular formula is C31H25FN4O4S2. The molecule has 4 aromatic carbocycles. The summed E-state index contributed by atoms with van der Waals surface area (Å²) in [5, 5.41) is 5.81. The topological polar surface area (TPSA) is 92.2 Å². The third-order valence-electron chi connectivity index (χ3n) is 6.99. The molecule has 42 heavy (non-hydrogen) atoms. The minimum absolute atomic E-state index is 0.0992. The first kappa shape index (κ1) is 27.7. The van der Waals surface area contributed by atoms with Gasteiger partial charge in [0.2, 0.25) is 15.2 Å². The summed E-state index contributed by atoms with van der Waals surface area (Å²) in [5.41, 5.74) is 3.59. The number of methoxy groups -OCH3 is 1. The van der Waals surface area contributed by atoms with Crippen molar-refractivity contribution in [2.24, 2.45) is 5.10 Å². The first-order valence-electron chi connectivity index (χ1n) is 13.1. The monoisotopic (exact) mass is 600 g/mol. The molecule has 2 heterocycles. The number of fused-ring (bicyclic) bond motifs is 2. The Labute approximate surface area is 246 Å². The molecule has 0 atom stereocenters. The lowest BCUT2D eigenvalue weighted by atomic mass is 10.0. The van der Waals surface area contributed by atoms with Crippen LogP contribution in [0, 0.1) is 5.82 Å². The van der Waals surface area contributed by atoms with E-state index in [1.165, 1.54) is 46.9 Å². The zero-order chi connectivity index (χ0) is 29.3. The highest BCUT2D eigenvalue weighted by atomic mass is 32.2. The summed E-state index contributed by atoms with van der Waals surface area (Å²) < 4.78 is 47.9. The maximum Gasteiger partial charge on any atom is 0.280 e. The molecule has 0 spiro atoms. The zero-order valence-electron chi connectivity index (χ0n) is 22.5. The van der Waals surface area contributed by atoms with Crippen LogP contribution in [-0.4, -0.2) is 43.5 Å². The van der Waals surface area contributed by atoms with E-state index in [4.69, 9.17) is 4.74 Å². The van der Waals surface area contributed by atoms with Gasteiger partial charge in [-0.1, -0.05) is 35.6 Å². The molecule has 212 valence electrons. The van der Waals surface area contributed by atoms with Crippen molar-refractivity contribution in [1.29, 1.82) is 0 Å². The van der Waals surface area contributed by atoms with Crippen molar-refractivity contribution in [1.82, 2.24) is 9.29 Å². The number of rotatable bonds is 7. The first-order chi connectivity index (χ1) is 20.3. The zero-order valence-corrected chi connectivity index (χ0v) is 24.1. The predicted octanol–water partition coefficient (Wildman–Crippen LogP) is 5.87. The van der Waals surface area contributed by atoms with Crippen molar-refractivity contribution >= 4 is 48.8 Å². The Balaban J connectivity index is 1.29. The Bertz CT molecular complexity index is 1910. The van der Waals surface area contributed by atoms with Gasteiger partial charge in [-0.2, -0.15) is 14.4 Å². The second-order valence-corrected chi connectivity index (χ2v) is 12.6. The van der Waals surface area contributed by atoms with Crippen LogP contribution < -0.4 is 9.75 Å². The van der Waals surface area contributed by atoms with E-state index in [0.717, 1.165) is 27.5 Å². The SMILES string of the molecule is COc1ccc(/C=N/N(C(=O)c2ccc(S(=O)(=O)N3CCc4ccccc4C3)cc2)c2nc3ccc(F)cc3s2)cc1. The van der Waals surface area contributed by atoms with E-state index in [9.17, 15) is 17.6 Å². The molecule has 1 amide bonds. The van der Waals surface area contributed by atoms with Gasteiger partial charge in [0.25, 0.3) is 5.91 Å². The average Bonchev–Trinajstić information content (AvgIpc) is 3.44. The molecule has 0 fully saturated rings. The van der Waals surface area contributed by atoms with Crippen molar-refractivity contribution in [3.63, 3.8) is 0 Å². The fourth-order valence-corrected chi connectivity index (χ4v) is 7.06. The number of hydrazone groups is 1. The Morgan fingerprint density at radius 3 is 2.50 bits per heavy atom. The molecule has 1 aliphatic rings. The van der Waals surface area contributed by atoms with Crippen LogP contribution in [0.1, 0.15) is 27.0 Å². The Kier molecular flexibility index (Phi) is 7.55. The molecule has 0 N–H and O–H groups in total. The number of amides is 1. The third kappa shape index (κ3) is 5.54. The number of hydrogen-bond donors (Lipinski definition) is 0. The number of anilines is 1. The number of carbonyl (C=O) groups is 1. The van der Waals surface area contributed by atoms with Crippen molar-refractivity contribution < 1.29 is 22.3 Å². The highest BCUT2D eigenvalue weighted by Crippen LogP contribution is 2.31. The van der Waals surface area contributed by atoms with E-state index in [0.29, 0.717) is 41.0 Å². The summed E-state index contributed by atoms with van der Waals surface area (Å²) in [6, 6.07) is 24.9. The van der Waals surface area contributed by atoms with Gasteiger partial charge in [0.05, 0.1) is 28.4 Å². The van der Waals surface area contributed by atoms with E-state index >= 15 is 0 Å². The lowest BCUT2D eigenvalue weighted by molar-refractivity contribution is 0.0987. The normalized spacial score (nSPS) is 13.8. The number of sulfonamides is 1. The van der Waals surface area contributed by atoms with Gasteiger partial charge in [0.1, 0.15) is 11.6 Å². The molecule has 5 aromatic rings. The van der Waals surface area contributed by atoms with Gasteiger partial charge >= 0.3 is 0 Å². The molecule has 0 aliphatic carbocycles. The van der Waals surface area contributed by atoms with Crippen molar-refractivity contribution in [3.8, 4) is 5.75 Å². The third-order valence-corrected chi connectivity index (χ3v) is 9.84. The molecule has 0 unspecified atom stereocenters. The number of benzene rings is 4. The fourth-order valence-electron chi connectivity index (χ4n) is 4.70. The summed E-state index contributed by atoms with van der Waals surface area (Å²) in [7, 11) is -2.20. The molecule has 6 rings (SSSR count). The summed E-state index contributed by atoms with van der Waals surface area (Å²) in [6.45, 7) is 0.678. The molecule has 0 saturated heterocycles. The molecule has 0 saturated carbocycles. The van der Waals surface area contributed by atoms with Crippen LogP contribution in [0.3, 0.4) is 0 Å². The molecule has 0 radical (unpaired) electrons. The number of ether oxygens (including phenoxy) is 1. The van der Waals surface area contributed by atoms with Crippen LogP contribution in [0.2, 0.25) is 0 Å². The van der Waals surface area contributed by atoms with Crippen LogP contribution >= 0.6 is 11.3 Å². The maximum absolute atomic E-state index is 13.8. The van der Waals surface area contributed by atoms with E-state index in [2.05, 4.69) is 10.1 Å². The van der Waals surface area contributed by atoms with Gasteiger partial charge in [-0.15, -0.1) is 0 Å². The van der Waals surface area contributed by atoms with Crippen molar-refractivity contribution in [2.75, 3.05) is 18.7 Å². The van der Waals surface area contributed by atoms with Gasteiger partial charge in [0, 0.05) is 18.7 Å². The standard InChI is InChI=1S/C31H25FN4O4S2/c1-40-26-11-6-21(7-12-26)19-33-36(31-34-28-15-10-25(32)18-29(28)41-31)30(37)23-8-13-27(14-9-23)42(38,39)35-17-16-22-4-2-3-5-24(22)20-35/h2-15,18-19H,16-17,20H2,1H3/b33-19+. The Morgan fingerprint density at radius 2 is 1.76 bits per heavy atom. The number of nitrogens with zero attached hydrogens (tertiary/aromatic N) is 4. The van der Waals surface area contributed by atoms with Crippen molar-refractivity contribution in [2.45, 2.75) is 17.9 Å². The molecule has 1 aromatic heterocycles. The van der Waals surface area contributed by atoms with Crippen LogP contribution in [0.4, 0.5) is 9.52 Å².